The fourth-order valence-corrected chi connectivity index (χ4v) is 2.25. The van der Waals surface area contributed by atoms with E-state index in [9.17, 15) is 4.79 Å². The number of anilines is 1. The molecule has 0 aliphatic heterocycles. The van der Waals surface area contributed by atoms with Crippen LogP contribution in [0.5, 0.6) is 0 Å². The molecule has 0 bridgehead atoms. The Balaban J connectivity index is 2.11. The van der Waals surface area contributed by atoms with Crippen LogP contribution in [0.15, 0.2) is 24.3 Å². The molecule has 2 aromatic rings. The van der Waals surface area contributed by atoms with Gasteiger partial charge in [-0.25, -0.2) is 0 Å². The Morgan fingerprint density at radius 3 is 3.00 bits per heavy atom. The van der Waals surface area contributed by atoms with E-state index in [0.717, 1.165) is 34.9 Å². The summed E-state index contributed by atoms with van der Waals surface area (Å²) in [5, 5.41) is 7.75. The van der Waals surface area contributed by atoms with Crippen LogP contribution in [-0.2, 0) is 4.79 Å². The monoisotopic (exact) mass is 227 g/mol. The third kappa shape index (κ3) is 1.71. The maximum Gasteiger partial charge on any atom is 0.155 e. The molecule has 0 spiro atoms. The van der Waals surface area contributed by atoms with Crippen molar-refractivity contribution < 1.29 is 4.79 Å². The number of aromatic nitrogens is 2. The molecule has 86 valence electrons. The van der Waals surface area contributed by atoms with Gasteiger partial charge in [-0.2, -0.15) is 5.10 Å². The van der Waals surface area contributed by atoms with Gasteiger partial charge in [0.25, 0.3) is 0 Å². The first kappa shape index (κ1) is 10.1. The van der Waals surface area contributed by atoms with Crippen molar-refractivity contribution in [3.8, 4) is 0 Å². The number of allylic oxidation sites excluding steroid dienone is 2. The molecule has 1 aromatic carbocycles. The van der Waals surface area contributed by atoms with Crippen LogP contribution in [0.1, 0.15) is 24.8 Å². The van der Waals surface area contributed by atoms with Crippen molar-refractivity contribution in [2.75, 3.05) is 5.73 Å². The summed E-state index contributed by atoms with van der Waals surface area (Å²) in [5.74, 6) is 0.719. The Bertz CT molecular complexity index is 625. The number of nitrogens with one attached hydrogen (secondary N) is 1. The molecule has 0 saturated heterocycles. The van der Waals surface area contributed by atoms with Crippen molar-refractivity contribution in [2.45, 2.75) is 19.3 Å². The summed E-state index contributed by atoms with van der Waals surface area (Å²) in [6.07, 6.45) is 4.30. The molecule has 3 rings (SSSR count). The number of hydrogen-bond donors (Lipinski definition) is 2. The second-order valence-electron chi connectivity index (χ2n) is 4.36. The summed E-state index contributed by atoms with van der Waals surface area (Å²) in [5.41, 5.74) is 8.87. The molecular formula is C13H13N3O. The summed E-state index contributed by atoms with van der Waals surface area (Å²) in [7, 11) is 0. The number of carbonyl (C=O) groups is 1. The van der Waals surface area contributed by atoms with Crippen LogP contribution in [0.2, 0.25) is 0 Å². The quantitative estimate of drug-likeness (QED) is 0.785. The average Bonchev–Trinajstić information content (AvgIpc) is 2.71. The smallest absolute Gasteiger partial charge is 0.155 e. The molecular weight excluding hydrogens is 214 g/mol. The van der Waals surface area contributed by atoms with Crippen LogP contribution < -0.4 is 5.73 Å². The van der Waals surface area contributed by atoms with E-state index >= 15 is 0 Å². The number of nitrogens with two attached hydrogens (primary N) is 1. The second kappa shape index (κ2) is 3.73. The van der Waals surface area contributed by atoms with E-state index in [1.165, 1.54) is 0 Å². The van der Waals surface area contributed by atoms with Crippen molar-refractivity contribution in [1.29, 1.82) is 0 Å². The number of H-pyrrole nitrogens is 1. The number of ketones is 1. The predicted octanol–water partition coefficient (Wildman–Crippen LogP) is 2.28. The van der Waals surface area contributed by atoms with Gasteiger partial charge in [-0.05, 0) is 42.2 Å². The van der Waals surface area contributed by atoms with E-state index in [0.29, 0.717) is 12.2 Å². The topological polar surface area (TPSA) is 71.8 Å². The van der Waals surface area contributed by atoms with Gasteiger partial charge in [0.15, 0.2) is 11.6 Å². The Morgan fingerprint density at radius 2 is 2.18 bits per heavy atom. The van der Waals surface area contributed by atoms with Crippen LogP contribution in [0.3, 0.4) is 0 Å². The summed E-state index contributed by atoms with van der Waals surface area (Å²) in [4.78, 5) is 11.4. The molecule has 4 heteroatoms. The minimum atomic E-state index is 0.214. The first-order valence-electron chi connectivity index (χ1n) is 5.71. The van der Waals surface area contributed by atoms with Gasteiger partial charge in [-0.3, -0.25) is 9.89 Å². The van der Waals surface area contributed by atoms with Crippen LogP contribution in [0.4, 0.5) is 5.82 Å². The lowest BCUT2D eigenvalue weighted by Gasteiger charge is -2.12. The third-order valence-corrected chi connectivity index (χ3v) is 3.17. The lowest BCUT2D eigenvalue weighted by molar-refractivity contribution is -0.114. The van der Waals surface area contributed by atoms with Gasteiger partial charge in [0.1, 0.15) is 0 Å². The minimum Gasteiger partial charge on any atom is -0.382 e. The maximum atomic E-state index is 11.4. The van der Waals surface area contributed by atoms with E-state index in [1.54, 1.807) is 6.08 Å². The highest BCUT2D eigenvalue weighted by molar-refractivity contribution is 6.00. The number of benzene rings is 1. The average molecular weight is 227 g/mol. The number of hydrogen-bond acceptors (Lipinski definition) is 3. The van der Waals surface area contributed by atoms with Gasteiger partial charge >= 0.3 is 0 Å². The molecule has 0 unspecified atom stereocenters. The van der Waals surface area contributed by atoms with E-state index in [-0.39, 0.29) is 5.78 Å². The Labute approximate surface area is 98.5 Å². The minimum absolute atomic E-state index is 0.214. The van der Waals surface area contributed by atoms with Crippen LogP contribution in [0, 0.1) is 0 Å². The lowest BCUT2D eigenvalue weighted by Crippen LogP contribution is -2.01. The van der Waals surface area contributed by atoms with E-state index in [2.05, 4.69) is 10.2 Å². The van der Waals surface area contributed by atoms with Gasteiger partial charge in [0.2, 0.25) is 0 Å². The van der Waals surface area contributed by atoms with Crippen molar-refractivity contribution in [1.82, 2.24) is 10.2 Å². The van der Waals surface area contributed by atoms with Gasteiger partial charge in [0, 0.05) is 11.8 Å². The number of aromatic amines is 1. The predicted molar refractivity (Wildman–Crippen MR) is 67.3 cm³/mol. The van der Waals surface area contributed by atoms with Crippen molar-refractivity contribution >= 4 is 28.1 Å². The summed E-state index contributed by atoms with van der Waals surface area (Å²) < 4.78 is 0. The fourth-order valence-electron chi connectivity index (χ4n) is 2.25. The van der Waals surface area contributed by atoms with Crippen molar-refractivity contribution in [3.05, 3.63) is 29.8 Å². The number of carbonyl (C=O) groups excluding carboxylic acids is 1. The molecule has 0 radical (unpaired) electrons. The SMILES string of the molecule is Nc1n[nH]c2ccc(C3=CC(=O)CCC3)cc12. The Hall–Kier alpha value is -2.10. The number of fused-ring (bicyclic) bond motifs is 1. The summed E-state index contributed by atoms with van der Waals surface area (Å²) in [6.45, 7) is 0. The molecule has 0 saturated carbocycles. The largest absolute Gasteiger partial charge is 0.382 e. The standard InChI is InChI=1S/C13H13N3O/c14-13-11-7-9(4-5-12(11)15-16-13)8-2-1-3-10(17)6-8/h4-7H,1-3H2,(H3,14,15,16). The van der Waals surface area contributed by atoms with Crippen molar-refractivity contribution in [2.24, 2.45) is 0 Å². The highest BCUT2D eigenvalue weighted by Crippen LogP contribution is 2.28. The molecule has 1 aliphatic carbocycles. The number of nitrogens with zero attached hydrogens (tertiary/aromatic N) is 1. The van der Waals surface area contributed by atoms with Crippen LogP contribution in [-0.4, -0.2) is 16.0 Å². The van der Waals surface area contributed by atoms with E-state index < -0.39 is 0 Å². The molecule has 1 aliphatic rings. The number of rotatable bonds is 1. The Morgan fingerprint density at radius 1 is 1.29 bits per heavy atom. The lowest BCUT2D eigenvalue weighted by atomic mass is 9.92. The highest BCUT2D eigenvalue weighted by Gasteiger charge is 2.12. The molecule has 1 aromatic heterocycles. The van der Waals surface area contributed by atoms with Gasteiger partial charge in [-0.1, -0.05) is 6.07 Å². The molecule has 0 atom stereocenters. The molecule has 17 heavy (non-hydrogen) atoms. The van der Waals surface area contributed by atoms with Gasteiger partial charge < -0.3 is 5.73 Å². The number of nitrogen functional groups attached to an aromatic ring is 1. The highest BCUT2D eigenvalue weighted by atomic mass is 16.1. The van der Waals surface area contributed by atoms with Gasteiger partial charge in [-0.15, -0.1) is 0 Å². The zero-order valence-electron chi connectivity index (χ0n) is 9.36. The van der Waals surface area contributed by atoms with E-state index in [1.807, 2.05) is 18.2 Å². The Kier molecular flexibility index (Phi) is 2.21. The fraction of sp³-hybridized carbons (Fsp3) is 0.231. The first-order valence-corrected chi connectivity index (χ1v) is 5.71. The maximum absolute atomic E-state index is 11.4. The summed E-state index contributed by atoms with van der Waals surface area (Å²) >= 11 is 0. The summed E-state index contributed by atoms with van der Waals surface area (Å²) in [6, 6.07) is 5.96. The molecule has 0 fully saturated rings. The molecule has 4 nitrogen and oxygen atoms in total. The molecule has 1 heterocycles. The van der Waals surface area contributed by atoms with Gasteiger partial charge in [0.05, 0.1) is 5.52 Å². The zero-order valence-corrected chi connectivity index (χ0v) is 9.36. The van der Waals surface area contributed by atoms with E-state index in [4.69, 9.17) is 5.73 Å². The van der Waals surface area contributed by atoms with Crippen molar-refractivity contribution in [3.63, 3.8) is 0 Å². The molecule has 0 amide bonds. The second-order valence-corrected chi connectivity index (χ2v) is 4.36. The third-order valence-electron chi connectivity index (χ3n) is 3.17. The van der Waals surface area contributed by atoms with Crippen LogP contribution >= 0.6 is 0 Å². The first-order chi connectivity index (χ1) is 8.24. The normalized spacial score (nSPS) is 16.2. The zero-order chi connectivity index (χ0) is 11.8. The van der Waals surface area contributed by atoms with Crippen LogP contribution in [0.25, 0.3) is 16.5 Å². The molecule has 3 N–H and O–H groups in total.